The fourth-order valence-corrected chi connectivity index (χ4v) is 8.38. The molecular formula is C21H34N4O5S. The van der Waals surface area contributed by atoms with Gasteiger partial charge in [0.15, 0.2) is 0 Å². The van der Waals surface area contributed by atoms with Gasteiger partial charge < -0.3 is 25.4 Å². The number of carbonyl (C=O) groups excluding carboxylic acids is 3. The maximum atomic E-state index is 13.5. The van der Waals surface area contributed by atoms with Gasteiger partial charge in [-0.1, -0.05) is 0 Å². The van der Waals surface area contributed by atoms with E-state index in [0.29, 0.717) is 32.7 Å². The van der Waals surface area contributed by atoms with Gasteiger partial charge in [0.25, 0.3) is 0 Å². The summed E-state index contributed by atoms with van der Waals surface area (Å²) in [6.45, 7) is 6.73. The Labute approximate surface area is 187 Å². The van der Waals surface area contributed by atoms with Crippen LogP contribution in [0.5, 0.6) is 0 Å². The van der Waals surface area contributed by atoms with Crippen molar-refractivity contribution in [2.75, 3.05) is 59.6 Å². The van der Waals surface area contributed by atoms with Crippen LogP contribution >= 0.6 is 11.8 Å². The van der Waals surface area contributed by atoms with Crippen molar-refractivity contribution < 1.29 is 24.2 Å². The van der Waals surface area contributed by atoms with Crippen LogP contribution in [0.15, 0.2) is 0 Å². The largest absolute Gasteiger partial charge is 0.396 e. The van der Waals surface area contributed by atoms with Crippen LogP contribution in [-0.2, 0) is 19.1 Å². The fraction of sp³-hybridized carbons (Fsp3) is 0.857. The minimum atomic E-state index is -0.609. The predicted molar refractivity (Wildman–Crippen MR) is 116 cm³/mol. The van der Waals surface area contributed by atoms with E-state index in [1.54, 1.807) is 23.7 Å². The maximum absolute atomic E-state index is 13.5. The van der Waals surface area contributed by atoms with Crippen LogP contribution in [0.1, 0.15) is 26.2 Å². The van der Waals surface area contributed by atoms with E-state index in [2.05, 4.69) is 22.5 Å². The summed E-state index contributed by atoms with van der Waals surface area (Å²) in [5.41, 5.74) is 0. The summed E-state index contributed by atoms with van der Waals surface area (Å²) in [5, 5.41) is 15.2. The van der Waals surface area contributed by atoms with Gasteiger partial charge in [-0.25, -0.2) is 0 Å². The number of aliphatic hydroxyl groups excluding tert-OH is 1. The molecule has 4 aliphatic heterocycles. The second-order valence-corrected chi connectivity index (χ2v) is 11.1. The number of likely N-dealkylation sites (tertiary alicyclic amines) is 1. The summed E-state index contributed by atoms with van der Waals surface area (Å²) in [5.74, 6) is -1.32. The Morgan fingerprint density at radius 1 is 1.23 bits per heavy atom. The summed E-state index contributed by atoms with van der Waals surface area (Å²) in [7, 11) is 1.60. The Hall–Kier alpha value is -1.36. The number of ether oxygens (including phenoxy) is 1. The van der Waals surface area contributed by atoms with Crippen LogP contribution in [0.4, 0.5) is 0 Å². The molecule has 1 spiro atoms. The quantitative estimate of drug-likeness (QED) is 0.433. The molecule has 4 aliphatic rings. The van der Waals surface area contributed by atoms with Crippen LogP contribution in [-0.4, -0.2) is 108 Å². The average Bonchev–Trinajstić information content (AvgIpc) is 3.33. The molecule has 5 atom stereocenters. The summed E-state index contributed by atoms with van der Waals surface area (Å²) < 4.78 is 4.45. The number of amides is 3. The molecule has 4 heterocycles. The maximum Gasteiger partial charge on any atom is 0.244 e. The van der Waals surface area contributed by atoms with Gasteiger partial charge in [0.1, 0.15) is 6.04 Å². The molecule has 9 nitrogen and oxygen atoms in total. The third-order valence-electron chi connectivity index (χ3n) is 7.44. The molecule has 0 radical (unpaired) electrons. The monoisotopic (exact) mass is 454 g/mol. The van der Waals surface area contributed by atoms with Gasteiger partial charge in [0.2, 0.25) is 17.7 Å². The Bertz CT molecular complexity index is 733. The second kappa shape index (κ2) is 8.88. The van der Waals surface area contributed by atoms with Crippen molar-refractivity contribution in [1.29, 1.82) is 0 Å². The van der Waals surface area contributed by atoms with Crippen molar-refractivity contribution in [3.05, 3.63) is 0 Å². The zero-order valence-electron chi connectivity index (χ0n) is 18.4. The zero-order chi connectivity index (χ0) is 22.2. The van der Waals surface area contributed by atoms with E-state index >= 15 is 0 Å². The second-order valence-electron chi connectivity index (χ2n) is 9.20. The fourth-order valence-electron chi connectivity index (χ4n) is 6.02. The van der Waals surface area contributed by atoms with Crippen molar-refractivity contribution >= 4 is 29.5 Å². The molecule has 4 fully saturated rings. The molecule has 0 aromatic rings. The highest BCUT2D eigenvalue weighted by atomic mass is 32.2. The first-order valence-corrected chi connectivity index (χ1v) is 12.1. The number of rotatable bonds is 8. The van der Waals surface area contributed by atoms with Gasteiger partial charge in [-0.15, -0.1) is 11.8 Å². The van der Waals surface area contributed by atoms with E-state index in [1.165, 1.54) is 0 Å². The first-order valence-electron chi connectivity index (χ1n) is 11.3. The molecule has 4 rings (SSSR count). The lowest BCUT2D eigenvalue weighted by atomic mass is 9.66. The number of fused-ring (bicyclic) bond motifs is 1. The number of aliphatic hydroxyl groups is 1. The summed E-state index contributed by atoms with van der Waals surface area (Å²) >= 11 is 1.67. The molecule has 2 bridgehead atoms. The number of nitrogens with zero attached hydrogens (tertiary/aromatic N) is 2. The van der Waals surface area contributed by atoms with E-state index in [1.807, 2.05) is 0 Å². The molecule has 4 saturated heterocycles. The number of hydrogen-bond donors (Lipinski definition) is 3. The Balaban J connectivity index is 1.54. The van der Waals surface area contributed by atoms with E-state index in [4.69, 9.17) is 4.74 Å². The first kappa shape index (κ1) is 22.8. The molecule has 0 saturated carbocycles. The number of carbonyl (C=O) groups is 3. The highest BCUT2D eigenvalue weighted by molar-refractivity contribution is 8.02. The molecule has 31 heavy (non-hydrogen) atoms. The van der Waals surface area contributed by atoms with Gasteiger partial charge in [0, 0.05) is 51.1 Å². The summed E-state index contributed by atoms with van der Waals surface area (Å²) in [4.78, 5) is 43.7. The van der Waals surface area contributed by atoms with Crippen molar-refractivity contribution in [1.82, 2.24) is 20.4 Å². The lowest BCUT2D eigenvalue weighted by Gasteiger charge is -2.35. The van der Waals surface area contributed by atoms with Crippen LogP contribution in [0, 0.1) is 11.8 Å². The number of nitrogens with one attached hydrogen (secondary N) is 2. The lowest BCUT2D eigenvalue weighted by Crippen LogP contribution is -2.55. The lowest BCUT2D eigenvalue weighted by molar-refractivity contribution is -0.140. The number of thioether (sulfide) groups is 1. The molecule has 0 aromatic carbocycles. The van der Waals surface area contributed by atoms with Gasteiger partial charge in [-0.3, -0.25) is 19.3 Å². The predicted octanol–water partition coefficient (Wildman–Crippen LogP) is -0.955. The van der Waals surface area contributed by atoms with Crippen molar-refractivity contribution in [2.45, 2.75) is 41.7 Å². The van der Waals surface area contributed by atoms with Crippen molar-refractivity contribution in [3.8, 4) is 0 Å². The average molecular weight is 455 g/mol. The SMILES string of the molecule is CNC(=O)[C@@H]1[C@H]2C(=O)N(CCCO)C(C(=O)NCCN3CCOCC3)C23CC[C@@]1(C)S3. The van der Waals surface area contributed by atoms with E-state index < -0.39 is 22.6 Å². The topological polar surface area (TPSA) is 111 Å². The minimum Gasteiger partial charge on any atom is -0.396 e. The van der Waals surface area contributed by atoms with Crippen LogP contribution in [0.3, 0.4) is 0 Å². The van der Waals surface area contributed by atoms with Crippen molar-refractivity contribution in [2.24, 2.45) is 11.8 Å². The number of hydrogen-bond acceptors (Lipinski definition) is 7. The summed E-state index contributed by atoms with van der Waals surface area (Å²) in [6.07, 6.45) is 1.97. The van der Waals surface area contributed by atoms with Gasteiger partial charge in [-0.05, 0) is 26.2 Å². The molecular weight excluding hydrogens is 420 g/mol. The Morgan fingerprint density at radius 2 is 1.97 bits per heavy atom. The van der Waals surface area contributed by atoms with Crippen molar-refractivity contribution in [3.63, 3.8) is 0 Å². The highest BCUT2D eigenvalue weighted by Gasteiger charge is 2.76. The molecule has 10 heteroatoms. The zero-order valence-corrected chi connectivity index (χ0v) is 19.2. The third kappa shape index (κ3) is 3.75. The summed E-state index contributed by atoms with van der Waals surface area (Å²) in [6, 6.07) is -0.609. The van der Waals surface area contributed by atoms with Crippen LogP contribution < -0.4 is 10.6 Å². The van der Waals surface area contributed by atoms with Gasteiger partial charge in [0.05, 0.1) is 29.8 Å². The van der Waals surface area contributed by atoms with E-state index in [9.17, 15) is 19.5 Å². The Kier molecular flexibility index (Phi) is 6.54. The molecule has 3 N–H and O–H groups in total. The number of morpholine rings is 1. The smallest absolute Gasteiger partial charge is 0.244 e. The first-order chi connectivity index (χ1) is 14.9. The molecule has 0 aliphatic carbocycles. The van der Waals surface area contributed by atoms with E-state index in [-0.39, 0.29) is 29.1 Å². The molecule has 2 unspecified atom stereocenters. The third-order valence-corrected chi connectivity index (χ3v) is 9.43. The van der Waals surface area contributed by atoms with Gasteiger partial charge in [-0.2, -0.15) is 0 Å². The van der Waals surface area contributed by atoms with Crippen LogP contribution in [0.2, 0.25) is 0 Å². The standard InChI is InChI=1S/C21H34N4O5S/c1-20-4-5-21(31-20)15(14(20)17(27)22-2)19(29)25(7-3-11-26)16(21)18(28)23-6-8-24-9-12-30-13-10-24/h14-16,26H,3-13H2,1-2H3,(H,22,27)(H,23,28)/t14-,15-,16?,20+,21?/m0/s1. The van der Waals surface area contributed by atoms with Gasteiger partial charge >= 0.3 is 0 Å². The molecule has 3 amide bonds. The highest BCUT2D eigenvalue weighted by Crippen LogP contribution is 2.71. The Morgan fingerprint density at radius 3 is 2.65 bits per heavy atom. The normalized spacial score (nSPS) is 37.2. The minimum absolute atomic E-state index is 0.0451. The van der Waals surface area contributed by atoms with Crippen LogP contribution in [0.25, 0.3) is 0 Å². The van der Waals surface area contributed by atoms with E-state index in [0.717, 1.165) is 32.5 Å². The molecule has 0 aromatic heterocycles. The molecule has 174 valence electrons.